The molecular formula is C26H30F9N3O8. The molecule has 2 fully saturated rings. The van der Waals surface area contributed by atoms with Crippen LogP contribution in [-0.4, -0.2) is 105 Å². The first kappa shape index (κ1) is 40.1. The highest BCUT2D eigenvalue weighted by Crippen LogP contribution is 2.38. The monoisotopic (exact) mass is 683 g/mol. The zero-order chi connectivity index (χ0) is 35.3. The van der Waals surface area contributed by atoms with Crippen molar-refractivity contribution in [1.29, 1.82) is 0 Å². The molecule has 2 saturated heterocycles. The van der Waals surface area contributed by atoms with E-state index in [0.29, 0.717) is 6.04 Å². The van der Waals surface area contributed by atoms with E-state index in [2.05, 4.69) is 40.0 Å². The standard InChI is InChI=1S/C20H27N3O2.3C2HF3O2/c1-22(13-17-2-7-21-8-3-17)19-12-20(25-16-19)5-9-23(10-6-20)14-18-4-11-24-15-18;3*3-2(4,5)1(6)7/h2-4,7-8,11,15,19H,5-6,9-10,12-14,16H2,1H3;3*(H,6,7). The molecule has 1 atom stereocenters. The van der Waals surface area contributed by atoms with Gasteiger partial charge in [-0.05, 0) is 50.1 Å². The van der Waals surface area contributed by atoms with Crippen LogP contribution in [0.2, 0.25) is 0 Å². The van der Waals surface area contributed by atoms with Gasteiger partial charge in [-0.25, -0.2) is 14.4 Å². The minimum atomic E-state index is -5.08. The van der Waals surface area contributed by atoms with E-state index >= 15 is 0 Å². The number of likely N-dealkylation sites (tertiary alicyclic amines) is 1. The number of ether oxygens (including phenoxy) is 1. The molecule has 2 aromatic rings. The van der Waals surface area contributed by atoms with Gasteiger partial charge in [0.1, 0.15) is 0 Å². The minimum absolute atomic E-state index is 0.0874. The number of hydrogen-bond donors (Lipinski definition) is 3. The second kappa shape index (κ2) is 17.1. The van der Waals surface area contributed by atoms with Crippen molar-refractivity contribution < 1.29 is 78.4 Å². The Morgan fingerprint density at radius 2 is 1.33 bits per heavy atom. The van der Waals surface area contributed by atoms with Crippen LogP contribution in [0.25, 0.3) is 0 Å². The summed E-state index contributed by atoms with van der Waals surface area (Å²) < 4.78 is 107. The van der Waals surface area contributed by atoms with E-state index in [4.69, 9.17) is 38.9 Å². The summed E-state index contributed by atoms with van der Waals surface area (Å²) >= 11 is 0. The number of aliphatic carboxylic acids is 3. The van der Waals surface area contributed by atoms with Crippen LogP contribution in [0.3, 0.4) is 0 Å². The first-order valence-corrected chi connectivity index (χ1v) is 12.9. The van der Waals surface area contributed by atoms with E-state index in [1.54, 1.807) is 6.26 Å². The molecule has 1 spiro atoms. The first-order chi connectivity index (χ1) is 21.1. The van der Waals surface area contributed by atoms with Gasteiger partial charge in [0.25, 0.3) is 0 Å². The zero-order valence-electron chi connectivity index (χ0n) is 23.9. The Bertz CT molecular complexity index is 1160. The summed E-state index contributed by atoms with van der Waals surface area (Å²) in [5.41, 5.74) is 2.66. The Kier molecular flexibility index (Phi) is 14.9. The normalized spacial score (nSPS) is 17.9. The van der Waals surface area contributed by atoms with E-state index in [1.807, 2.05) is 18.7 Å². The number of alkyl halides is 9. The van der Waals surface area contributed by atoms with Crippen molar-refractivity contribution in [2.45, 2.75) is 62.5 Å². The molecule has 2 aliphatic rings. The van der Waals surface area contributed by atoms with Gasteiger partial charge in [0, 0.05) is 50.2 Å². The number of hydrogen-bond acceptors (Lipinski definition) is 8. The van der Waals surface area contributed by atoms with Crippen molar-refractivity contribution in [3.8, 4) is 0 Å². The van der Waals surface area contributed by atoms with Gasteiger partial charge in [-0.3, -0.25) is 14.8 Å². The maximum Gasteiger partial charge on any atom is 0.490 e. The highest BCUT2D eigenvalue weighted by Gasteiger charge is 2.44. The lowest BCUT2D eigenvalue weighted by molar-refractivity contribution is -0.193. The Balaban J connectivity index is 0.000000413. The quantitative estimate of drug-likeness (QED) is 0.372. The molecule has 0 radical (unpaired) electrons. The van der Waals surface area contributed by atoms with E-state index in [9.17, 15) is 39.5 Å². The van der Waals surface area contributed by atoms with Crippen LogP contribution < -0.4 is 0 Å². The number of likely N-dealkylation sites (N-methyl/N-ethyl adjacent to an activating group) is 1. The number of carboxylic acid groups (broad SMARTS) is 3. The number of furan rings is 1. The van der Waals surface area contributed by atoms with Crippen LogP contribution in [0.1, 0.15) is 30.4 Å². The van der Waals surface area contributed by atoms with Crippen molar-refractivity contribution in [2.24, 2.45) is 0 Å². The van der Waals surface area contributed by atoms with Crippen LogP contribution in [0, 0.1) is 0 Å². The fourth-order valence-electron chi connectivity index (χ4n) is 4.12. The predicted octanol–water partition coefficient (Wildman–Crippen LogP) is 4.83. The Morgan fingerprint density at radius 3 is 1.72 bits per heavy atom. The number of pyridine rings is 1. The van der Waals surface area contributed by atoms with Crippen LogP contribution in [0.5, 0.6) is 0 Å². The lowest BCUT2D eigenvalue weighted by Gasteiger charge is -2.38. The third-order valence-corrected chi connectivity index (χ3v) is 6.48. The summed E-state index contributed by atoms with van der Waals surface area (Å²) in [5, 5.41) is 21.4. The molecule has 0 aliphatic carbocycles. The predicted molar refractivity (Wildman–Crippen MR) is 137 cm³/mol. The molecule has 46 heavy (non-hydrogen) atoms. The molecule has 0 amide bonds. The van der Waals surface area contributed by atoms with Gasteiger partial charge in [0.15, 0.2) is 0 Å². The fourth-order valence-corrected chi connectivity index (χ4v) is 4.12. The van der Waals surface area contributed by atoms with Crippen LogP contribution in [0.4, 0.5) is 39.5 Å². The SMILES string of the molecule is CN(Cc1ccncc1)C1COC2(CCN(Cc3ccoc3)CC2)C1.O=C(O)C(F)(F)F.O=C(O)C(F)(F)F.O=C(O)C(F)(F)F. The lowest BCUT2D eigenvalue weighted by atomic mass is 9.87. The largest absolute Gasteiger partial charge is 0.490 e. The average molecular weight is 684 g/mol. The summed E-state index contributed by atoms with van der Waals surface area (Å²) in [6.07, 6.45) is -4.51. The van der Waals surface area contributed by atoms with Crippen LogP contribution in [-0.2, 0) is 32.2 Å². The van der Waals surface area contributed by atoms with E-state index in [-0.39, 0.29) is 5.60 Å². The topological polar surface area (TPSA) is 154 Å². The number of carbonyl (C=O) groups is 3. The summed E-state index contributed by atoms with van der Waals surface area (Å²) in [7, 11) is 2.21. The molecule has 0 saturated carbocycles. The lowest BCUT2D eigenvalue weighted by Crippen LogP contribution is -2.44. The number of aromatic nitrogens is 1. The van der Waals surface area contributed by atoms with Crippen molar-refractivity contribution >= 4 is 17.9 Å². The Morgan fingerprint density at radius 1 is 0.870 bits per heavy atom. The molecule has 20 heteroatoms. The van der Waals surface area contributed by atoms with Crippen LogP contribution >= 0.6 is 0 Å². The van der Waals surface area contributed by atoms with E-state index in [1.165, 1.54) is 11.1 Å². The first-order valence-electron chi connectivity index (χ1n) is 12.9. The molecule has 11 nitrogen and oxygen atoms in total. The summed E-state index contributed by atoms with van der Waals surface area (Å²) in [6.45, 7) is 5.00. The maximum absolute atomic E-state index is 10.6. The smallest absolute Gasteiger partial charge is 0.475 e. The van der Waals surface area contributed by atoms with Crippen molar-refractivity contribution in [3.05, 3.63) is 54.2 Å². The molecule has 1 unspecified atom stereocenters. The summed E-state index contributed by atoms with van der Waals surface area (Å²) in [6, 6.07) is 6.75. The van der Waals surface area contributed by atoms with E-state index in [0.717, 1.165) is 52.0 Å². The summed E-state index contributed by atoms with van der Waals surface area (Å²) in [5.74, 6) is -8.27. The number of nitrogens with zero attached hydrogens (tertiary/aromatic N) is 3. The number of halogens is 9. The number of piperidine rings is 1. The fraction of sp³-hybridized carbons (Fsp3) is 0.538. The third-order valence-electron chi connectivity index (χ3n) is 6.48. The van der Waals surface area contributed by atoms with Crippen LogP contribution in [0.15, 0.2) is 47.5 Å². The van der Waals surface area contributed by atoms with E-state index < -0.39 is 36.4 Å². The van der Waals surface area contributed by atoms with Gasteiger partial charge in [-0.15, -0.1) is 0 Å². The molecule has 2 aromatic heterocycles. The van der Waals surface area contributed by atoms with Crippen molar-refractivity contribution in [1.82, 2.24) is 14.8 Å². The summed E-state index contributed by atoms with van der Waals surface area (Å²) in [4.78, 5) is 35.7. The van der Waals surface area contributed by atoms with Gasteiger partial charge in [-0.2, -0.15) is 39.5 Å². The molecule has 0 aromatic carbocycles. The number of rotatable bonds is 5. The highest BCUT2D eigenvalue weighted by molar-refractivity contribution is 5.73. The van der Waals surface area contributed by atoms with Gasteiger partial charge >= 0.3 is 36.4 Å². The van der Waals surface area contributed by atoms with Crippen molar-refractivity contribution in [3.63, 3.8) is 0 Å². The van der Waals surface area contributed by atoms with Gasteiger partial charge in [-0.1, -0.05) is 0 Å². The zero-order valence-corrected chi connectivity index (χ0v) is 23.9. The van der Waals surface area contributed by atoms with Gasteiger partial charge in [0.05, 0.1) is 24.7 Å². The van der Waals surface area contributed by atoms with Gasteiger partial charge in [0.2, 0.25) is 0 Å². The maximum atomic E-state index is 10.6. The Labute approximate surface area is 255 Å². The molecule has 3 N–H and O–H groups in total. The Hall–Kier alpha value is -3.91. The molecular weight excluding hydrogens is 653 g/mol. The van der Waals surface area contributed by atoms with Crippen molar-refractivity contribution in [2.75, 3.05) is 26.7 Å². The third kappa shape index (κ3) is 14.9. The second-order valence-electron chi connectivity index (χ2n) is 9.94. The molecule has 4 heterocycles. The minimum Gasteiger partial charge on any atom is -0.475 e. The highest BCUT2D eigenvalue weighted by atomic mass is 19.4. The molecule has 260 valence electrons. The number of carboxylic acids is 3. The molecule has 2 aliphatic heterocycles. The molecule has 4 rings (SSSR count). The average Bonchev–Trinajstić information content (AvgIpc) is 3.61. The van der Waals surface area contributed by atoms with Gasteiger partial charge < -0.3 is 24.5 Å². The molecule has 0 bridgehead atoms. The second-order valence-corrected chi connectivity index (χ2v) is 9.94.